The number of anilines is 1. The third-order valence-electron chi connectivity index (χ3n) is 3.21. The number of nitrogens with two attached hydrogens (primary N) is 1. The molecular formula is C15H17F3N2O. The van der Waals surface area contributed by atoms with Crippen molar-refractivity contribution >= 4 is 16.6 Å². The van der Waals surface area contributed by atoms with E-state index in [1.807, 2.05) is 20.8 Å². The summed E-state index contributed by atoms with van der Waals surface area (Å²) < 4.78 is 41.3. The molecule has 2 rings (SSSR count). The molecule has 0 aliphatic heterocycles. The van der Waals surface area contributed by atoms with Gasteiger partial charge in [-0.15, -0.1) is 0 Å². The van der Waals surface area contributed by atoms with Crippen LogP contribution in [-0.4, -0.2) is 17.8 Å². The van der Waals surface area contributed by atoms with Gasteiger partial charge < -0.3 is 10.5 Å². The maximum atomic E-state index is 12.2. The number of benzene rings is 1. The van der Waals surface area contributed by atoms with Crippen LogP contribution in [0.5, 0.6) is 5.75 Å². The molecule has 21 heavy (non-hydrogen) atoms. The Bertz CT molecular complexity index is 666. The Morgan fingerprint density at radius 2 is 1.95 bits per heavy atom. The first kappa shape index (κ1) is 15.4. The first-order valence-electron chi connectivity index (χ1n) is 6.58. The molecule has 3 nitrogen and oxygen atoms in total. The Balaban J connectivity index is 2.46. The molecule has 1 aromatic heterocycles. The molecular weight excluding hydrogens is 281 g/mol. The summed E-state index contributed by atoms with van der Waals surface area (Å²) in [6.45, 7) is 4.54. The molecule has 114 valence electrons. The molecule has 1 aromatic carbocycles. The number of hydrogen-bond donors (Lipinski definition) is 1. The smallest absolute Gasteiger partial charge is 0.422 e. The molecule has 2 N–H and O–H groups in total. The van der Waals surface area contributed by atoms with E-state index in [2.05, 4.69) is 4.98 Å². The van der Waals surface area contributed by atoms with Crippen LogP contribution in [0.2, 0.25) is 0 Å². The van der Waals surface area contributed by atoms with Crippen molar-refractivity contribution < 1.29 is 17.9 Å². The van der Waals surface area contributed by atoms with Gasteiger partial charge in [-0.05, 0) is 36.6 Å². The van der Waals surface area contributed by atoms with Crippen LogP contribution in [0.1, 0.15) is 31.0 Å². The minimum absolute atomic E-state index is 0.131. The minimum Gasteiger partial charge on any atom is -0.484 e. The standard InChI is InChI=1S/C15H17F3N2O/c1-8(2)13-9(3)20-12-5-4-10(6-11(12)14(13)19)21-7-15(16,17)18/h4-6,8H,7H2,1-3H3,(H2,19,20). The highest BCUT2D eigenvalue weighted by Crippen LogP contribution is 2.33. The van der Waals surface area contributed by atoms with Crippen molar-refractivity contribution in [3.8, 4) is 5.75 Å². The van der Waals surface area contributed by atoms with Gasteiger partial charge in [-0.1, -0.05) is 13.8 Å². The first-order chi connectivity index (χ1) is 9.69. The van der Waals surface area contributed by atoms with E-state index in [1.54, 1.807) is 6.07 Å². The van der Waals surface area contributed by atoms with E-state index in [0.717, 1.165) is 11.3 Å². The third-order valence-corrected chi connectivity index (χ3v) is 3.21. The summed E-state index contributed by atoms with van der Waals surface area (Å²) in [5.74, 6) is 0.313. The second-order valence-electron chi connectivity index (χ2n) is 5.26. The molecule has 0 amide bonds. The van der Waals surface area contributed by atoms with Crippen molar-refractivity contribution in [1.82, 2.24) is 4.98 Å². The molecule has 6 heteroatoms. The third kappa shape index (κ3) is 3.37. The van der Waals surface area contributed by atoms with Crippen LogP contribution < -0.4 is 10.5 Å². The van der Waals surface area contributed by atoms with E-state index in [4.69, 9.17) is 10.5 Å². The van der Waals surface area contributed by atoms with Gasteiger partial charge >= 0.3 is 6.18 Å². The van der Waals surface area contributed by atoms with Crippen molar-refractivity contribution in [2.24, 2.45) is 0 Å². The molecule has 0 fully saturated rings. The fourth-order valence-electron chi connectivity index (χ4n) is 2.39. The zero-order valence-corrected chi connectivity index (χ0v) is 12.1. The first-order valence-corrected chi connectivity index (χ1v) is 6.58. The number of halogens is 3. The highest BCUT2D eigenvalue weighted by atomic mass is 19.4. The molecule has 0 saturated heterocycles. The summed E-state index contributed by atoms with van der Waals surface area (Å²) in [7, 11) is 0. The van der Waals surface area contributed by atoms with E-state index in [9.17, 15) is 13.2 Å². The predicted octanol–water partition coefficient (Wildman–Crippen LogP) is 4.19. The Morgan fingerprint density at radius 1 is 1.29 bits per heavy atom. The monoisotopic (exact) mass is 298 g/mol. The molecule has 0 bridgehead atoms. The van der Waals surface area contributed by atoms with Crippen LogP contribution in [0.4, 0.5) is 18.9 Å². The molecule has 0 radical (unpaired) electrons. The number of ether oxygens (including phenoxy) is 1. The minimum atomic E-state index is -4.37. The maximum absolute atomic E-state index is 12.2. The fourth-order valence-corrected chi connectivity index (χ4v) is 2.39. The highest BCUT2D eigenvalue weighted by molar-refractivity contribution is 5.93. The van der Waals surface area contributed by atoms with Gasteiger partial charge in [0.15, 0.2) is 6.61 Å². The van der Waals surface area contributed by atoms with Crippen molar-refractivity contribution in [2.75, 3.05) is 12.3 Å². The summed E-state index contributed by atoms with van der Waals surface area (Å²) in [6.07, 6.45) is -4.37. The number of aryl methyl sites for hydroxylation is 1. The Morgan fingerprint density at radius 3 is 2.52 bits per heavy atom. The van der Waals surface area contributed by atoms with Crippen molar-refractivity contribution in [1.29, 1.82) is 0 Å². The van der Waals surface area contributed by atoms with Gasteiger partial charge in [0.05, 0.1) is 5.52 Å². The molecule has 0 spiro atoms. The number of rotatable bonds is 3. The number of nitrogens with zero attached hydrogens (tertiary/aromatic N) is 1. The SMILES string of the molecule is Cc1nc2ccc(OCC(F)(F)F)cc2c(N)c1C(C)C. The Labute approximate surface area is 120 Å². The molecule has 0 saturated carbocycles. The number of pyridine rings is 1. The number of nitrogen functional groups attached to an aromatic ring is 1. The Kier molecular flexibility index (Phi) is 3.98. The summed E-state index contributed by atoms with van der Waals surface area (Å²) in [6, 6.07) is 4.60. The van der Waals surface area contributed by atoms with Gasteiger partial charge in [-0.25, -0.2) is 0 Å². The van der Waals surface area contributed by atoms with E-state index in [-0.39, 0.29) is 11.7 Å². The van der Waals surface area contributed by atoms with Crippen LogP contribution in [0.25, 0.3) is 10.9 Å². The van der Waals surface area contributed by atoms with Crippen molar-refractivity contribution in [3.05, 3.63) is 29.5 Å². The van der Waals surface area contributed by atoms with Crippen molar-refractivity contribution in [3.63, 3.8) is 0 Å². The quantitative estimate of drug-likeness (QED) is 0.924. The van der Waals surface area contributed by atoms with Gasteiger partial charge in [0.2, 0.25) is 0 Å². The topological polar surface area (TPSA) is 48.1 Å². The summed E-state index contributed by atoms with van der Waals surface area (Å²) >= 11 is 0. The number of hydrogen-bond acceptors (Lipinski definition) is 3. The number of alkyl halides is 3. The zero-order valence-electron chi connectivity index (χ0n) is 12.1. The average Bonchev–Trinajstić information content (AvgIpc) is 2.35. The summed E-state index contributed by atoms with van der Waals surface area (Å²) in [4.78, 5) is 4.45. The lowest BCUT2D eigenvalue weighted by atomic mass is 9.97. The molecule has 1 heterocycles. The summed E-state index contributed by atoms with van der Waals surface area (Å²) in [5, 5.41) is 0.615. The Hall–Kier alpha value is -1.98. The van der Waals surface area contributed by atoms with Gasteiger partial charge in [0.1, 0.15) is 5.75 Å². The number of aromatic nitrogens is 1. The van der Waals surface area contributed by atoms with E-state index < -0.39 is 12.8 Å². The van der Waals surface area contributed by atoms with Gasteiger partial charge in [0.25, 0.3) is 0 Å². The molecule has 0 aliphatic rings. The average molecular weight is 298 g/mol. The maximum Gasteiger partial charge on any atom is 0.422 e. The van der Waals surface area contributed by atoms with Crippen molar-refractivity contribution in [2.45, 2.75) is 32.9 Å². The molecule has 0 unspecified atom stereocenters. The molecule has 0 atom stereocenters. The van der Waals surface area contributed by atoms with Crippen LogP contribution in [-0.2, 0) is 0 Å². The van der Waals surface area contributed by atoms with Crippen LogP contribution >= 0.6 is 0 Å². The fraction of sp³-hybridized carbons (Fsp3) is 0.400. The van der Waals surface area contributed by atoms with E-state index in [0.29, 0.717) is 16.6 Å². The normalized spacial score (nSPS) is 12.1. The van der Waals surface area contributed by atoms with E-state index >= 15 is 0 Å². The number of fused-ring (bicyclic) bond motifs is 1. The molecule has 0 aliphatic carbocycles. The van der Waals surface area contributed by atoms with Gasteiger partial charge in [-0.3, -0.25) is 4.98 Å². The largest absolute Gasteiger partial charge is 0.484 e. The second kappa shape index (κ2) is 5.42. The lowest BCUT2D eigenvalue weighted by molar-refractivity contribution is -0.153. The van der Waals surface area contributed by atoms with Crippen LogP contribution in [0.3, 0.4) is 0 Å². The van der Waals surface area contributed by atoms with E-state index in [1.165, 1.54) is 12.1 Å². The zero-order chi connectivity index (χ0) is 15.8. The van der Waals surface area contributed by atoms with Crippen LogP contribution in [0, 0.1) is 6.92 Å². The lowest BCUT2D eigenvalue weighted by Crippen LogP contribution is -2.19. The van der Waals surface area contributed by atoms with Crippen LogP contribution in [0.15, 0.2) is 18.2 Å². The van der Waals surface area contributed by atoms with Gasteiger partial charge in [0, 0.05) is 16.8 Å². The molecule has 2 aromatic rings. The summed E-state index contributed by atoms with van der Waals surface area (Å²) in [5.41, 5.74) is 9.09. The second-order valence-corrected chi connectivity index (χ2v) is 5.26. The highest BCUT2D eigenvalue weighted by Gasteiger charge is 2.28. The lowest BCUT2D eigenvalue weighted by Gasteiger charge is -2.16. The van der Waals surface area contributed by atoms with Gasteiger partial charge in [-0.2, -0.15) is 13.2 Å². The predicted molar refractivity (Wildman–Crippen MR) is 76.5 cm³/mol.